The SMILES string of the molecule is CCC(=O)Nc1ccc(S(=O)(=O)NCc2nc(C(F)(F)F)no2)cc1. The first-order valence-corrected chi connectivity index (χ1v) is 8.39. The molecule has 2 aromatic rings. The zero-order valence-corrected chi connectivity index (χ0v) is 13.6. The predicted octanol–water partition coefficient (Wildman–Crippen LogP) is 1.92. The van der Waals surface area contributed by atoms with E-state index < -0.39 is 34.5 Å². The minimum absolute atomic E-state index is 0.141. The molecule has 0 fully saturated rings. The van der Waals surface area contributed by atoms with Gasteiger partial charge in [-0.3, -0.25) is 4.79 Å². The number of hydrogen-bond donors (Lipinski definition) is 2. The van der Waals surface area contributed by atoms with Crippen LogP contribution in [0.1, 0.15) is 25.1 Å². The summed E-state index contributed by atoms with van der Waals surface area (Å²) in [6, 6.07) is 5.25. The molecule has 25 heavy (non-hydrogen) atoms. The van der Waals surface area contributed by atoms with Crippen LogP contribution >= 0.6 is 0 Å². The molecule has 0 unspecified atom stereocenters. The van der Waals surface area contributed by atoms with E-state index in [0.29, 0.717) is 5.69 Å². The molecule has 0 aliphatic carbocycles. The molecule has 1 aromatic heterocycles. The van der Waals surface area contributed by atoms with Crippen molar-refractivity contribution in [1.82, 2.24) is 14.9 Å². The number of rotatable bonds is 6. The van der Waals surface area contributed by atoms with Gasteiger partial charge < -0.3 is 9.84 Å². The van der Waals surface area contributed by atoms with Crippen LogP contribution in [0.25, 0.3) is 0 Å². The molecular weight excluding hydrogens is 365 g/mol. The van der Waals surface area contributed by atoms with Gasteiger partial charge in [0, 0.05) is 12.1 Å². The summed E-state index contributed by atoms with van der Waals surface area (Å²) in [5, 5.41) is 5.27. The molecule has 12 heteroatoms. The number of amides is 1. The molecule has 0 aliphatic heterocycles. The van der Waals surface area contributed by atoms with Crippen molar-refractivity contribution >= 4 is 21.6 Å². The number of aromatic nitrogens is 2. The van der Waals surface area contributed by atoms with Crippen LogP contribution in [0.5, 0.6) is 0 Å². The second-order valence-corrected chi connectivity index (χ2v) is 6.53. The molecule has 0 saturated heterocycles. The van der Waals surface area contributed by atoms with Gasteiger partial charge in [-0.2, -0.15) is 18.2 Å². The van der Waals surface area contributed by atoms with Crippen molar-refractivity contribution in [3.63, 3.8) is 0 Å². The number of benzene rings is 1. The zero-order valence-electron chi connectivity index (χ0n) is 12.8. The van der Waals surface area contributed by atoms with Gasteiger partial charge in [0.05, 0.1) is 11.4 Å². The molecule has 1 heterocycles. The Morgan fingerprint density at radius 3 is 2.40 bits per heavy atom. The number of anilines is 1. The molecule has 136 valence electrons. The molecule has 0 atom stereocenters. The Morgan fingerprint density at radius 2 is 1.88 bits per heavy atom. The summed E-state index contributed by atoms with van der Waals surface area (Å²) in [7, 11) is -4.01. The van der Waals surface area contributed by atoms with Gasteiger partial charge in [0.2, 0.25) is 21.8 Å². The van der Waals surface area contributed by atoms with Crippen molar-refractivity contribution in [3.05, 3.63) is 36.0 Å². The van der Waals surface area contributed by atoms with E-state index in [4.69, 9.17) is 0 Å². The number of nitrogens with one attached hydrogen (secondary N) is 2. The lowest BCUT2D eigenvalue weighted by Crippen LogP contribution is -2.23. The van der Waals surface area contributed by atoms with Gasteiger partial charge in [0.15, 0.2) is 0 Å². The van der Waals surface area contributed by atoms with E-state index in [1.54, 1.807) is 6.92 Å². The van der Waals surface area contributed by atoms with Gasteiger partial charge in [-0.05, 0) is 24.3 Å². The number of sulfonamides is 1. The molecule has 1 amide bonds. The van der Waals surface area contributed by atoms with E-state index in [1.807, 2.05) is 4.72 Å². The minimum Gasteiger partial charge on any atom is -0.338 e. The van der Waals surface area contributed by atoms with Gasteiger partial charge in [0.1, 0.15) is 0 Å². The van der Waals surface area contributed by atoms with E-state index in [1.165, 1.54) is 24.3 Å². The van der Waals surface area contributed by atoms with E-state index in [-0.39, 0.29) is 17.2 Å². The monoisotopic (exact) mass is 378 g/mol. The Kier molecular flexibility index (Phi) is 5.42. The molecule has 0 aliphatic rings. The summed E-state index contributed by atoms with van der Waals surface area (Å²) in [5.41, 5.74) is 0.414. The summed E-state index contributed by atoms with van der Waals surface area (Å²) in [6.45, 7) is 1.07. The predicted molar refractivity (Wildman–Crippen MR) is 78.7 cm³/mol. The molecule has 8 nitrogen and oxygen atoms in total. The fraction of sp³-hybridized carbons (Fsp3) is 0.308. The Bertz CT molecular complexity index is 847. The maximum atomic E-state index is 12.3. The van der Waals surface area contributed by atoms with Gasteiger partial charge in [0.25, 0.3) is 5.82 Å². The first-order chi connectivity index (χ1) is 11.6. The molecule has 0 saturated carbocycles. The Labute approximate surface area is 140 Å². The normalized spacial score (nSPS) is 12.2. The van der Waals surface area contributed by atoms with Crippen molar-refractivity contribution in [1.29, 1.82) is 0 Å². The summed E-state index contributed by atoms with van der Waals surface area (Å²) < 4.78 is 67.6. The number of carbonyl (C=O) groups excluding carboxylic acids is 1. The van der Waals surface area contributed by atoms with Crippen molar-refractivity contribution in [2.45, 2.75) is 31.0 Å². The highest BCUT2D eigenvalue weighted by Crippen LogP contribution is 2.26. The topological polar surface area (TPSA) is 114 Å². The summed E-state index contributed by atoms with van der Waals surface area (Å²) in [4.78, 5) is 14.2. The van der Waals surface area contributed by atoms with Crippen LogP contribution in [0.15, 0.2) is 33.7 Å². The first-order valence-electron chi connectivity index (χ1n) is 6.91. The Balaban J connectivity index is 2.04. The smallest absolute Gasteiger partial charge is 0.338 e. The number of alkyl halides is 3. The number of nitrogens with zero attached hydrogens (tertiary/aromatic N) is 2. The van der Waals surface area contributed by atoms with Crippen molar-refractivity contribution < 1.29 is 30.9 Å². The lowest BCUT2D eigenvalue weighted by molar-refractivity contribution is -0.146. The quantitative estimate of drug-likeness (QED) is 0.794. The highest BCUT2D eigenvalue weighted by Gasteiger charge is 2.37. The molecule has 2 rings (SSSR count). The number of carbonyl (C=O) groups is 1. The van der Waals surface area contributed by atoms with Crippen molar-refractivity contribution in [2.75, 3.05) is 5.32 Å². The fourth-order valence-corrected chi connectivity index (χ4v) is 2.62. The maximum Gasteiger partial charge on any atom is 0.455 e. The summed E-state index contributed by atoms with van der Waals surface area (Å²) in [5.74, 6) is -2.24. The van der Waals surface area contributed by atoms with Crippen LogP contribution < -0.4 is 10.0 Å². The van der Waals surface area contributed by atoms with Gasteiger partial charge in [-0.15, -0.1) is 0 Å². The molecule has 0 bridgehead atoms. The summed E-state index contributed by atoms with van der Waals surface area (Å²) >= 11 is 0. The number of halogens is 3. The third kappa shape index (κ3) is 5.00. The first kappa shape index (κ1) is 18.9. The third-order valence-corrected chi connectivity index (χ3v) is 4.32. The van der Waals surface area contributed by atoms with Crippen molar-refractivity contribution in [2.24, 2.45) is 0 Å². The zero-order chi connectivity index (χ0) is 18.7. The van der Waals surface area contributed by atoms with Crippen LogP contribution in [0.4, 0.5) is 18.9 Å². The summed E-state index contributed by atoms with van der Waals surface area (Å²) in [6.07, 6.45) is -4.51. The highest BCUT2D eigenvalue weighted by atomic mass is 32.2. The van der Waals surface area contributed by atoms with Crippen LogP contribution in [0.2, 0.25) is 0 Å². The molecule has 1 aromatic carbocycles. The molecule has 0 spiro atoms. The van der Waals surface area contributed by atoms with Gasteiger partial charge in [-0.1, -0.05) is 12.1 Å². The largest absolute Gasteiger partial charge is 0.455 e. The fourth-order valence-electron chi connectivity index (χ4n) is 1.65. The van der Waals surface area contributed by atoms with Crippen LogP contribution in [0, 0.1) is 0 Å². The lowest BCUT2D eigenvalue weighted by Gasteiger charge is -2.07. The Morgan fingerprint density at radius 1 is 1.24 bits per heavy atom. The minimum atomic E-state index is -4.78. The average molecular weight is 378 g/mol. The van der Waals surface area contributed by atoms with E-state index in [0.717, 1.165) is 0 Å². The van der Waals surface area contributed by atoms with Gasteiger partial charge >= 0.3 is 6.18 Å². The van der Waals surface area contributed by atoms with Gasteiger partial charge in [-0.25, -0.2) is 13.1 Å². The Hall–Kier alpha value is -2.47. The highest BCUT2D eigenvalue weighted by molar-refractivity contribution is 7.89. The van der Waals surface area contributed by atoms with Crippen LogP contribution in [-0.4, -0.2) is 24.5 Å². The molecule has 2 N–H and O–H groups in total. The van der Waals surface area contributed by atoms with Crippen LogP contribution in [-0.2, 0) is 27.5 Å². The second-order valence-electron chi connectivity index (χ2n) is 4.76. The van der Waals surface area contributed by atoms with Crippen molar-refractivity contribution in [3.8, 4) is 0 Å². The lowest BCUT2D eigenvalue weighted by atomic mass is 10.3. The standard InChI is InChI=1S/C13H13F3N4O4S/c1-2-10(21)18-8-3-5-9(6-4-8)25(22,23)17-7-11-19-12(20-24-11)13(14,15)16/h3-6,17H,2,7H2,1H3,(H,18,21). The second kappa shape index (κ2) is 7.19. The average Bonchev–Trinajstić information content (AvgIpc) is 3.03. The van der Waals surface area contributed by atoms with E-state index >= 15 is 0 Å². The maximum absolute atomic E-state index is 12.3. The van der Waals surface area contributed by atoms with E-state index in [2.05, 4.69) is 20.0 Å². The van der Waals surface area contributed by atoms with E-state index in [9.17, 15) is 26.4 Å². The third-order valence-electron chi connectivity index (χ3n) is 2.90. The van der Waals surface area contributed by atoms with Crippen LogP contribution in [0.3, 0.4) is 0 Å². The molecular formula is C13H13F3N4O4S. The number of hydrogen-bond acceptors (Lipinski definition) is 6. The molecule has 0 radical (unpaired) electrons.